The highest BCUT2D eigenvalue weighted by molar-refractivity contribution is 5.85. The molecule has 0 spiro atoms. The number of alkyl carbamates (subject to hydrolysis) is 1. The lowest BCUT2D eigenvalue weighted by molar-refractivity contribution is -0.157. The summed E-state index contributed by atoms with van der Waals surface area (Å²) in [6.07, 6.45) is 0.0667. The van der Waals surface area contributed by atoms with Crippen molar-refractivity contribution >= 4 is 18.0 Å². The van der Waals surface area contributed by atoms with Crippen molar-refractivity contribution in [1.82, 2.24) is 15.5 Å². The van der Waals surface area contributed by atoms with E-state index < -0.39 is 29.4 Å². The van der Waals surface area contributed by atoms with Gasteiger partial charge in [-0.25, -0.2) is 4.79 Å². The van der Waals surface area contributed by atoms with Gasteiger partial charge in [-0.2, -0.15) is 0 Å². The highest BCUT2D eigenvalue weighted by Gasteiger charge is 2.28. The Hall–Kier alpha value is -2.61. The van der Waals surface area contributed by atoms with Crippen LogP contribution in [0.25, 0.3) is 0 Å². The second kappa shape index (κ2) is 11.9. The summed E-state index contributed by atoms with van der Waals surface area (Å²) in [6, 6.07) is 8.26. The van der Waals surface area contributed by atoms with Gasteiger partial charge in [0.2, 0.25) is 5.91 Å². The average molecular weight is 450 g/mol. The summed E-state index contributed by atoms with van der Waals surface area (Å²) in [6.45, 7) is 11.0. The maximum absolute atomic E-state index is 12.8. The number of benzene rings is 1. The van der Waals surface area contributed by atoms with E-state index in [2.05, 4.69) is 10.6 Å². The molecular weight excluding hydrogens is 410 g/mol. The monoisotopic (exact) mass is 449 g/mol. The van der Waals surface area contributed by atoms with Crippen molar-refractivity contribution in [2.24, 2.45) is 0 Å². The van der Waals surface area contributed by atoms with E-state index in [0.29, 0.717) is 13.0 Å². The highest BCUT2D eigenvalue weighted by atomic mass is 16.6. The molecule has 0 aromatic heterocycles. The molecule has 8 heteroatoms. The summed E-state index contributed by atoms with van der Waals surface area (Å²) in [7, 11) is 3.25. The molecule has 1 aromatic carbocycles. The predicted octanol–water partition coefficient (Wildman–Crippen LogP) is 2.90. The van der Waals surface area contributed by atoms with Crippen molar-refractivity contribution in [3.8, 4) is 0 Å². The van der Waals surface area contributed by atoms with Gasteiger partial charge in [0.1, 0.15) is 23.3 Å². The van der Waals surface area contributed by atoms with Gasteiger partial charge in [-0.15, -0.1) is 0 Å². The smallest absolute Gasteiger partial charge is 0.408 e. The second-order valence-corrected chi connectivity index (χ2v) is 9.95. The third kappa shape index (κ3) is 11.1. The fourth-order valence-corrected chi connectivity index (χ4v) is 2.88. The Labute approximate surface area is 192 Å². The second-order valence-electron chi connectivity index (χ2n) is 9.95. The van der Waals surface area contributed by atoms with Crippen LogP contribution in [-0.2, 0) is 25.5 Å². The number of rotatable bonds is 9. The molecule has 1 rings (SSSR count). The molecule has 0 radical (unpaired) electrons. The highest BCUT2D eigenvalue weighted by Crippen LogP contribution is 2.12. The minimum Gasteiger partial charge on any atom is -0.459 e. The summed E-state index contributed by atoms with van der Waals surface area (Å²) in [5, 5.41) is 5.84. The van der Waals surface area contributed by atoms with E-state index in [0.717, 1.165) is 5.56 Å². The Bertz CT molecular complexity index is 751. The zero-order valence-electron chi connectivity index (χ0n) is 20.7. The number of hydrogen-bond donors (Lipinski definition) is 2. The van der Waals surface area contributed by atoms with Crippen LogP contribution in [-0.4, -0.2) is 66.8 Å². The van der Waals surface area contributed by atoms with E-state index in [4.69, 9.17) is 9.47 Å². The molecular formula is C24H39N3O5. The van der Waals surface area contributed by atoms with Crippen molar-refractivity contribution in [2.75, 3.05) is 20.6 Å². The lowest BCUT2D eigenvalue weighted by atomic mass is 10.0. The van der Waals surface area contributed by atoms with Gasteiger partial charge in [0, 0.05) is 14.1 Å². The molecule has 0 aliphatic carbocycles. The largest absolute Gasteiger partial charge is 0.459 e. The van der Waals surface area contributed by atoms with Crippen molar-refractivity contribution in [3.63, 3.8) is 0 Å². The Kier molecular flexibility index (Phi) is 10.2. The Balaban J connectivity index is 2.85. The number of nitrogens with one attached hydrogen (secondary N) is 2. The van der Waals surface area contributed by atoms with Crippen LogP contribution in [0.15, 0.2) is 30.3 Å². The number of hydrogen-bond acceptors (Lipinski definition) is 6. The number of ether oxygens (including phenoxy) is 2. The number of nitrogens with zero attached hydrogens (tertiary/aromatic N) is 1. The first-order valence-electron chi connectivity index (χ1n) is 10.9. The molecule has 0 unspecified atom stereocenters. The van der Waals surface area contributed by atoms with Crippen LogP contribution in [0, 0.1) is 0 Å². The van der Waals surface area contributed by atoms with Crippen LogP contribution < -0.4 is 10.6 Å². The molecule has 0 aliphatic heterocycles. The molecule has 0 heterocycles. The molecule has 0 bridgehead atoms. The molecule has 0 saturated carbocycles. The van der Waals surface area contributed by atoms with E-state index in [-0.39, 0.29) is 18.3 Å². The van der Waals surface area contributed by atoms with Gasteiger partial charge in [-0.3, -0.25) is 9.59 Å². The topological polar surface area (TPSA) is 97.0 Å². The van der Waals surface area contributed by atoms with Gasteiger partial charge in [-0.1, -0.05) is 30.3 Å². The summed E-state index contributed by atoms with van der Waals surface area (Å²) >= 11 is 0. The minimum absolute atomic E-state index is 0.255. The van der Waals surface area contributed by atoms with Crippen molar-refractivity contribution in [2.45, 2.75) is 77.7 Å². The van der Waals surface area contributed by atoms with E-state index in [1.807, 2.05) is 51.1 Å². The van der Waals surface area contributed by atoms with Gasteiger partial charge in [0.25, 0.3) is 0 Å². The van der Waals surface area contributed by atoms with Crippen molar-refractivity contribution < 1.29 is 23.9 Å². The number of esters is 1. The fraction of sp³-hybridized carbons (Fsp3) is 0.625. The summed E-state index contributed by atoms with van der Waals surface area (Å²) in [4.78, 5) is 38.9. The molecule has 180 valence electrons. The number of carbonyl (C=O) groups excluding carboxylic acids is 3. The molecule has 0 saturated heterocycles. The molecule has 2 amide bonds. The van der Waals surface area contributed by atoms with E-state index in [9.17, 15) is 14.4 Å². The first-order valence-corrected chi connectivity index (χ1v) is 10.9. The molecule has 2 N–H and O–H groups in total. The molecule has 8 nitrogen and oxygen atoms in total. The summed E-state index contributed by atoms with van der Waals surface area (Å²) in [5.74, 6) is -0.619. The third-order valence-corrected chi connectivity index (χ3v) is 4.23. The minimum atomic E-state index is -0.789. The maximum Gasteiger partial charge on any atom is 0.408 e. The number of amides is 2. The van der Waals surface area contributed by atoms with Crippen LogP contribution >= 0.6 is 0 Å². The van der Waals surface area contributed by atoms with Gasteiger partial charge in [0.05, 0.1) is 0 Å². The van der Waals surface area contributed by atoms with Crippen LogP contribution in [0.5, 0.6) is 0 Å². The maximum atomic E-state index is 12.8. The normalized spacial score (nSPS) is 13.6. The molecule has 0 fully saturated rings. The zero-order valence-corrected chi connectivity index (χ0v) is 20.7. The molecule has 1 aromatic rings. The fourth-order valence-electron chi connectivity index (χ4n) is 2.88. The zero-order chi connectivity index (χ0) is 24.5. The summed E-state index contributed by atoms with van der Waals surface area (Å²) in [5.41, 5.74) is -0.301. The molecule has 2 atom stereocenters. The van der Waals surface area contributed by atoms with Gasteiger partial charge >= 0.3 is 12.1 Å². The van der Waals surface area contributed by atoms with Gasteiger partial charge in [0.15, 0.2) is 0 Å². The van der Waals surface area contributed by atoms with Crippen molar-refractivity contribution in [3.05, 3.63) is 35.9 Å². The van der Waals surface area contributed by atoms with Gasteiger partial charge < -0.3 is 25.0 Å². The van der Waals surface area contributed by atoms with Crippen LogP contribution in [0.2, 0.25) is 0 Å². The lowest BCUT2D eigenvalue weighted by Gasteiger charge is -2.27. The third-order valence-electron chi connectivity index (χ3n) is 4.23. The van der Waals surface area contributed by atoms with Crippen molar-refractivity contribution in [1.29, 1.82) is 0 Å². The number of likely N-dealkylation sites (N-methyl/N-ethyl adjacent to an activating group) is 1. The van der Waals surface area contributed by atoms with E-state index in [1.54, 1.807) is 34.9 Å². The first-order chi connectivity index (χ1) is 14.7. The quantitative estimate of drug-likeness (QED) is 0.563. The Morgan fingerprint density at radius 1 is 0.906 bits per heavy atom. The summed E-state index contributed by atoms with van der Waals surface area (Å²) < 4.78 is 10.9. The first kappa shape index (κ1) is 27.4. The lowest BCUT2D eigenvalue weighted by Crippen LogP contribution is -2.50. The van der Waals surface area contributed by atoms with Crippen LogP contribution in [0.4, 0.5) is 4.79 Å². The van der Waals surface area contributed by atoms with E-state index >= 15 is 0 Å². The molecule has 0 aliphatic rings. The van der Waals surface area contributed by atoms with E-state index in [1.165, 1.54) is 4.90 Å². The average Bonchev–Trinajstić information content (AvgIpc) is 2.63. The Morgan fingerprint density at radius 3 is 1.97 bits per heavy atom. The molecule has 32 heavy (non-hydrogen) atoms. The van der Waals surface area contributed by atoms with Crippen LogP contribution in [0.1, 0.15) is 53.5 Å². The number of carbonyl (C=O) groups is 3. The SMILES string of the molecule is CN(C)C(=O)[C@H](CCN[C@@H](Cc1ccccc1)C(=O)OC(C)(C)C)NC(=O)OC(C)(C)C. The van der Waals surface area contributed by atoms with Crippen LogP contribution in [0.3, 0.4) is 0 Å². The predicted molar refractivity (Wildman–Crippen MR) is 124 cm³/mol. The Morgan fingerprint density at radius 2 is 1.47 bits per heavy atom. The standard InChI is InChI=1S/C24H39N3O5/c1-23(2,3)31-21(29)19(16-17-12-10-9-11-13-17)25-15-14-18(20(28)27(7)8)26-22(30)32-24(4,5)6/h9-13,18-19,25H,14-16H2,1-8H3,(H,26,30)/t18-,19-/m0/s1. The van der Waals surface area contributed by atoms with Gasteiger partial charge in [-0.05, 0) is 66.5 Å².